The highest BCUT2D eigenvalue weighted by Crippen LogP contribution is 2.23. The zero-order valence-corrected chi connectivity index (χ0v) is 8.41. The van der Waals surface area contributed by atoms with Gasteiger partial charge in [-0.25, -0.2) is 0 Å². The number of benzene rings is 1. The van der Waals surface area contributed by atoms with Gasteiger partial charge in [0, 0.05) is 22.7 Å². The van der Waals surface area contributed by atoms with Crippen LogP contribution in [0.3, 0.4) is 0 Å². The molecule has 0 spiro atoms. The van der Waals surface area contributed by atoms with Crippen molar-refractivity contribution in [1.82, 2.24) is 4.98 Å². The van der Waals surface area contributed by atoms with Gasteiger partial charge in [-0.05, 0) is 18.2 Å². The van der Waals surface area contributed by atoms with E-state index < -0.39 is 0 Å². The van der Waals surface area contributed by atoms with E-state index in [0.717, 1.165) is 16.7 Å². The van der Waals surface area contributed by atoms with Gasteiger partial charge in [-0.15, -0.1) is 0 Å². The SMILES string of the molecule is COc1ccc2[nH]cc(C(=O)CN)c2c1. The fraction of sp³-hybridized carbons (Fsp3) is 0.182. The van der Waals surface area contributed by atoms with Gasteiger partial charge in [0.15, 0.2) is 5.78 Å². The van der Waals surface area contributed by atoms with E-state index in [1.165, 1.54) is 0 Å². The number of aromatic amines is 1. The normalized spacial score (nSPS) is 10.5. The number of nitrogens with two attached hydrogens (primary N) is 1. The summed E-state index contributed by atoms with van der Waals surface area (Å²) in [6.07, 6.45) is 1.68. The molecule has 3 N–H and O–H groups in total. The highest BCUT2D eigenvalue weighted by Gasteiger charge is 2.10. The average Bonchev–Trinajstić information content (AvgIpc) is 2.70. The minimum atomic E-state index is -0.0745. The highest BCUT2D eigenvalue weighted by atomic mass is 16.5. The molecule has 0 saturated carbocycles. The summed E-state index contributed by atoms with van der Waals surface area (Å²) in [5.41, 5.74) is 6.86. The molecule has 4 nitrogen and oxygen atoms in total. The molecule has 1 aromatic carbocycles. The number of Topliss-reactive ketones (excluding diaryl/α,β-unsaturated/α-hetero) is 1. The Morgan fingerprint density at radius 1 is 1.53 bits per heavy atom. The molecule has 1 aromatic heterocycles. The molecule has 0 aliphatic carbocycles. The minimum absolute atomic E-state index is 0.0180. The van der Waals surface area contributed by atoms with Gasteiger partial charge in [0.1, 0.15) is 5.75 Å². The number of hydrogen-bond donors (Lipinski definition) is 2. The first-order valence-electron chi connectivity index (χ1n) is 4.64. The third kappa shape index (κ3) is 1.59. The van der Waals surface area contributed by atoms with E-state index in [1.807, 2.05) is 18.2 Å². The number of carbonyl (C=O) groups excluding carboxylic acids is 1. The molecule has 0 fully saturated rings. The first kappa shape index (κ1) is 9.73. The number of ketones is 1. The molecule has 2 rings (SSSR count). The second kappa shape index (κ2) is 3.74. The molecule has 0 aliphatic rings. The Hall–Kier alpha value is -1.81. The van der Waals surface area contributed by atoms with Crippen molar-refractivity contribution in [2.45, 2.75) is 0 Å². The predicted octanol–water partition coefficient (Wildman–Crippen LogP) is 1.32. The van der Waals surface area contributed by atoms with E-state index >= 15 is 0 Å². The van der Waals surface area contributed by atoms with E-state index in [9.17, 15) is 4.79 Å². The van der Waals surface area contributed by atoms with Gasteiger partial charge in [-0.3, -0.25) is 4.79 Å². The summed E-state index contributed by atoms with van der Waals surface area (Å²) < 4.78 is 5.10. The second-order valence-electron chi connectivity index (χ2n) is 3.24. The monoisotopic (exact) mass is 204 g/mol. The summed E-state index contributed by atoms with van der Waals surface area (Å²) in [4.78, 5) is 14.5. The van der Waals surface area contributed by atoms with Crippen LogP contribution in [0.25, 0.3) is 10.9 Å². The van der Waals surface area contributed by atoms with Gasteiger partial charge in [0.25, 0.3) is 0 Å². The molecule has 0 bridgehead atoms. The molecule has 0 atom stereocenters. The molecule has 4 heteroatoms. The molecular weight excluding hydrogens is 192 g/mol. The predicted molar refractivity (Wildman–Crippen MR) is 58.2 cm³/mol. The van der Waals surface area contributed by atoms with Crippen molar-refractivity contribution < 1.29 is 9.53 Å². The molecule has 0 unspecified atom stereocenters. The number of hydrogen-bond acceptors (Lipinski definition) is 3. The number of rotatable bonds is 3. The first-order chi connectivity index (χ1) is 7.26. The van der Waals surface area contributed by atoms with E-state index in [1.54, 1.807) is 13.3 Å². The standard InChI is InChI=1S/C11H12N2O2/c1-15-7-2-3-10-8(4-7)9(6-13-10)11(14)5-12/h2-4,6,13H,5,12H2,1H3. The van der Waals surface area contributed by atoms with Gasteiger partial charge in [-0.2, -0.15) is 0 Å². The van der Waals surface area contributed by atoms with Crippen LogP contribution in [0.4, 0.5) is 0 Å². The van der Waals surface area contributed by atoms with E-state index in [-0.39, 0.29) is 12.3 Å². The van der Waals surface area contributed by atoms with E-state index in [2.05, 4.69) is 4.98 Å². The van der Waals surface area contributed by atoms with Gasteiger partial charge in [0.05, 0.1) is 13.7 Å². The Labute approximate surface area is 87.0 Å². The number of methoxy groups -OCH3 is 1. The molecule has 2 aromatic rings. The summed E-state index contributed by atoms with van der Waals surface area (Å²) >= 11 is 0. The molecule has 1 heterocycles. The summed E-state index contributed by atoms with van der Waals surface area (Å²) in [6, 6.07) is 5.55. The second-order valence-corrected chi connectivity index (χ2v) is 3.24. The molecule has 0 radical (unpaired) electrons. The quantitative estimate of drug-likeness (QED) is 0.741. The Bertz CT molecular complexity index is 502. The van der Waals surface area contributed by atoms with Gasteiger partial charge in [-0.1, -0.05) is 0 Å². The maximum Gasteiger partial charge on any atom is 0.178 e. The molecular formula is C11H12N2O2. The molecule has 0 saturated heterocycles. The van der Waals surface area contributed by atoms with Crippen LogP contribution in [0.5, 0.6) is 5.75 Å². The average molecular weight is 204 g/mol. The molecule has 15 heavy (non-hydrogen) atoms. The van der Waals surface area contributed by atoms with Crippen molar-refractivity contribution in [2.75, 3.05) is 13.7 Å². The van der Waals surface area contributed by atoms with Crippen molar-refractivity contribution in [3.8, 4) is 5.75 Å². The maximum absolute atomic E-state index is 11.5. The number of nitrogens with one attached hydrogen (secondary N) is 1. The number of fused-ring (bicyclic) bond motifs is 1. The van der Waals surface area contributed by atoms with Crippen molar-refractivity contribution in [2.24, 2.45) is 5.73 Å². The molecule has 78 valence electrons. The number of ether oxygens (including phenoxy) is 1. The lowest BCUT2D eigenvalue weighted by molar-refractivity contribution is 0.100. The zero-order valence-electron chi connectivity index (χ0n) is 8.41. The van der Waals surface area contributed by atoms with Crippen LogP contribution < -0.4 is 10.5 Å². The van der Waals surface area contributed by atoms with Crippen LogP contribution in [0.2, 0.25) is 0 Å². The largest absolute Gasteiger partial charge is 0.497 e. The van der Waals surface area contributed by atoms with E-state index in [4.69, 9.17) is 10.5 Å². The summed E-state index contributed by atoms with van der Waals surface area (Å²) in [7, 11) is 1.60. The van der Waals surface area contributed by atoms with Crippen LogP contribution in [0, 0.1) is 0 Å². The fourth-order valence-electron chi connectivity index (χ4n) is 1.57. The van der Waals surface area contributed by atoms with Crippen LogP contribution in [-0.2, 0) is 0 Å². The number of aromatic nitrogens is 1. The van der Waals surface area contributed by atoms with Crippen molar-refractivity contribution >= 4 is 16.7 Å². The summed E-state index contributed by atoms with van der Waals surface area (Å²) in [6.45, 7) is 0.0180. The Kier molecular flexibility index (Phi) is 2.43. The fourth-order valence-corrected chi connectivity index (χ4v) is 1.57. The van der Waals surface area contributed by atoms with Gasteiger partial charge in [0.2, 0.25) is 0 Å². The maximum atomic E-state index is 11.5. The number of carbonyl (C=O) groups is 1. The zero-order chi connectivity index (χ0) is 10.8. The third-order valence-electron chi connectivity index (χ3n) is 2.37. The van der Waals surface area contributed by atoms with Crippen LogP contribution in [0.15, 0.2) is 24.4 Å². The van der Waals surface area contributed by atoms with E-state index in [0.29, 0.717) is 5.56 Å². The minimum Gasteiger partial charge on any atom is -0.497 e. The summed E-state index contributed by atoms with van der Waals surface area (Å²) in [5, 5.41) is 0.852. The topological polar surface area (TPSA) is 68.1 Å². The Morgan fingerprint density at radius 3 is 3.00 bits per heavy atom. The van der Waals surface area contributed by atoms with Crippen LogP contribution >= 0.6 is 0 Å². The Balaban J connectivity index is 2.61. The molecule has 0 aliphatic heterocycles. The summed E-state index contributed by atoms with van der Waals surface area (Å²) in [5.74, 6) is 0.655. The Morgan fingerprint density at radius 2 is 2.33 bits per heavy atom. The lowest BCUT2D eigenvalue weighted by Gasteiger charge is -2.00. The lowest BCUT2D eigenvalue weighted by atomic mass is 10.1. The van der Waals surface area contributed by atoms with Crippen molar-refractivity contribution in [3.05, 3.63) is 30.0 Å². The first-order valence-corrected chi connectivity index (χ1v) is 4.64. The van der Waals surface area contributed by atoms with Gasteiger partial charge < -0.3 is 15.5 Å². The van der Waals surface area contributed by atoms with Crippen LogP contribution in [0.1, 0.15) is 10.4 Å². The van der Waals surface area contributed by atoms with Gasteiger partial charge >= 0.3 is 0 Å². The highest BCUT2D eigenvalue weighted by molar-refractivity contribution is 6.08. The lowest BCUT2D eigenvalue weighted by Crippen LogP contribution is -2.12. The number of H-pyrrole nitrogens is 1. The van der Waals surface area contributed by atoms with Crippen molar-refractivity contribution in [3.63, 3.8) is 0 Å². The smallest absolute Gasteiger partial charge is 0.178 e. The van der Waals surface area contributed by atoms with Crippen LogP contribution in [-0.4, -0.2) is 24.4 Å². The molecule has 0 amide bonds. The van der Waals surface area contributed by atoms with Crippen molar-refractivity contribution in [1.29, 1.82) is 0 Å². The third-order valence-corrected chi connectivity index (χ3v) is 2.37.